The molecule has 0 spiro atoms. The first-order chi connectivity index (χ1) is 13.6. The van der Waals surface area contributed by atoms with E-state index in [0.717, 1.165) is 6.08 Å². The molecule has 0 aliphatic carbocycles. The first-order valence-corrected chi connectivity index (χ1v) is 11.8. The summed E-state index contributed by atoms with van der Waals surface area (Å²) in [6.45, 7) is 0. The van der Waals surface area contributed by atoms with Gasteiger partial charge in [-0.15, -0.1) is 0 Å². The predicted octanol–water partition coefficient (Wildman–Crippen LogP) is 3.69. The molecule has 2 N–H and O–H groups in total. The second-order valence-electron chi connectivity index (χ2n) is 5.85. The average Bonchev–Trinajstić information content (AvgIpc) is 3.14. The van der Waals surface area contributed by atoms with E-state index in [-0.39, 0.29) is 15.6 Å². The summed E-state index contributed by atoms with van der Waals surface area (Å²) in [5.41, 5.74) is 0.561. The molecule has 0 amide bonds. The summed E-state index contributed by atoms with van der Waals surface area (Å²) >= 11 is 3.23. The van der Waals surface area contributed by atoms with Gasteiger partial charge in [0, 0.05) is 16.1 Å². The quantitative estimate of drug-likeness (QED) is 0.540. The maximum absolute atomic E-state index is 12.7. The summed E-state index contributed by atoms with van der Waals surface area (Å²) in [4.78, 5) is -0.524. The number of sulfonamides is 1. The second-order valence-corrected chi connectivity index (χ2v) is 10.2. The highest BCUT2D eigenvalue weighted by Crippen LogP contribution is 2.27. The van der Waals surface area contributed by atoms with Crippen molar-refractivity contribution < 1.29 is 21.3 Å². The van der Waals surface area contributed by atoms with E-state index < -0.39 is 24.8 Å². The van der Waals surface area contributed by atoms with Crippen LogP contribution in [0.5, 0.6) is 0 Å². The highest BCUT2D eigenvalue weighted by atomic mass is 79.9. The van der Waals surface area contributed by atoms with E-state index in [1.807, 2.05) is 0 Å². The lowest BCUT2D eigenvalue weighted by atomic mass is 10.2. The van der Waals surface area contributed by atoms with Crippen LogP contribution in [-0.2, 0) is 19.9 Å². The third-order valence-electron chi connectivity index (χ3n) is 3.89. The fourth-order valence-corrected chi connectivity index (χ4v) is 4.35. The molecule has 0 saturated carbocycles. The van der Waals surface area contributed by atoms with Crippen LogP contribution in [0.1, 0.15) is 5.76 Å². The van der Waals surface area contributed by atoms with E-state index in [2.05, 4.69) is 15.9 Å². The van der Waals surface area contributed by atoms with Gasteiger partial charge in [-0.1, -0.05) is 15.9 Å². The van der Waals surface area contributed by atoms with Gasteiger partial charge in [-0.3, -0.25) is 0 Å². The van der Waals surface area contributed by atoms with E-state index in [1.165, 1.54) is 42.5 Å². The summed E-state index contributed by atoms with van der Waals surface area (Å²) in [5, 5.41) is 14.4. The van der Waals surface area contributed by atoms with Gasteiger partial charge >= 0.3 is 0 Å². The van der Waals surface area contributed by atoms with Crippen LogP contribution in [0.4, 0.5) is 0 Å². The number of benzene rings is 2. The fraction of sp³-hybridized carbons (Fsp3) is 0. The van der Waals surface area contributed by atoms with Crippen molar-refractivity contribution in [2.75, 3.05) is 0 Å². The Morgan fingerprint density at radius 2 is 1.52 bits per heavy atom. The molecule has 3 aromatic rings. The van der Waals surface area contributed by atoms with Crippen LogP contribution in [0.2, 0.25) is 0 Å². The smallest absolute Gasteiger partial charge is 0.238 e. The minimum atomic E-state index is -4.00. The molecule has 7 nitrogen and oxygen atoms in total. The number of furan rings is 1. The van der Waals surface area contributed by atoms with Crippen LogP contribution in [-0.4, -0.2) is 16.8 Å². The molecular weight excluding hydrogens is 480 g/mol. The fourth-order valence-electron chi connectivity index (χ4n) is 2.43. The van der Waals surface area contributed by atoms with Crippen molar-refractivity contribution >= 4 is 41.9 Å². The normalized spacial score (nSPS) is 12.5. The zero-order chi connectivity index (χ0) is 21.2. The Kier molecular flexibility index (Phi) is 5.77. The van der Waals surface area contributed by atoms with Crippen molar-refractivity contribution in [3.63, 3.8) is 0 Å². The van der Waals surface area contributed by atoms with Crippen LogP contribution in [0.15, 0.2) is 84.2 Å². The van der Waals surface area contributed by atoms with Gasteiger partial charge in [0.05, 0.1) is 9.79 Å². The summed E-state index contributed by atoms with van der Waals surface area (Å²) in [6, 6.07) is 16.4. The number of allylic oxidation sites excluding steroid dienone is 1. The molecule has 0 unspecified atom stereocenters. The molecule has 3 rings (SSSR count). The molecule has 0 aliphatic rings. The van der Waals surface area contributed by atoms with Crippen molar-refractivity contribution in [2.45, 2.75) is 9.79 Å². The third kappa shape index (κ3) is 4.65. The van der Waals surface area contributed by atoms with Crippen molar-refractivity contribution in [1.29, 1.82) is 5.26 Å². The number of hydrogen-bond donors (Lipinski definition) is 1. The average molecular weight is 493 g/mol. The van der Waals surface area contributed by atoms with Crippen LogP contribution in [0.3, 0.4) is 0 Å². The topological polar surface area (TPSA) is 131 Å². The largest absolute Gasteiger partial charge is 0.457 e. The molecule has 29 heavy (non-hydrogen) atoms. The zero-order valence-electron chi connectivity index (χ0n) is 14.6. The molecule has 0 fully saturated rings. The Morgan fingerprint density at radius 1 is 0.931 bits per heavy atom. The van der Waals surface area contributed by atoms with Crippen molar-refractivity contribution in [3.05, 3.63) is 75.8 Å². The second kappa shape index (κ2) is 7.96. The highest BCUT2D eigenvalue weighted by molar-refractivity contribution is 9.10. The number of halogens is 1. The van der Waals surface area contributed by atoms with Gasteiger partial charge in [0.15, 0.2) is 4.91 Å². The lowest BCUT2D eigenvalue weighted by molar-refractivity contribution is 0.571. The standard InChI is InChI=1S/C19H13BrN2O5S2/c20-14-3-8-16(9-4-14)28(23,24)18(12-21)11-15-5-10-19(27-15)13-1-6-17(7-2-13)29(22,25)26/h1-11H,(H2,22,25,26)/b18-11+. The Balaban J connectivity index is 1.94. The number of hydrogen-bond acceptors (Lipinski definition) is 6. The Labute approximate surface area is 176 Å². The number of primary sulfonamides is 1. The maximum atomic E-state index is 12.7. The number of sulfone groups is 1. The third-order valence-corrected chi connectivity index (χ3v) is 7.03. The van der Waals surface area contributed by atoms with Gasteiger partial charge in [-0.2, -0.15) is 5.26 Å². The molecule has 10 heteroatoms. The number of nitrogens with zero attached hydrogens (tertiary/aromatic N) is 1. The zero-order valence-corrected chi connectivity index (χ0v) is 17.8. The van der Waals surface area contributed by atoms with Crippen LogP contribution in [0, 0.1) is 11.3 Å². The van der Waals surface area contributed by atoms with Gasteiger partial charge in [0.25, 0.3) is 0 Å². The van der Waals surface area contributed by atoms with Crippen molar-refractivity contribution in [1.82, 2.24) is 0 Å². The molecule has 2 aromatic carbocycles. The molecule has 0 saturated heterocycles. The lowest BCUT2D eigenvalue weighted by Crippen LogP contribution is -2.11. The Hall–Kier alpha value is -2.71. The van der Waals surface area contributed by atoms with E-state index in [1.54, 1.807) is 24.3 Å². The monoisotopic (exact) mass is 492 g/mol. The van der Waals surface area contributed by atoms with E-state index in [9.17, 15) is 22.1 Å². The minimum absolute atomic E-state index is 0.0149. The van der Waals surface area contributed by atoms with Gasteiger partial charge in [0.2, 0.25) is 19.9 Å². The van der Waals surface area contributed by atoms with Crippen LogP contribution >= 0.6 is 15.9 Å². The first-order valence-electron chi connectivity index (χ1n) is 7.97. The number of nitrogens with two attached hydrogens (primary N) is 1. The molecule has 0 bridgehead atoms. The maximum Gasteiger partial charge on any atom is 0.238 e. The molecule has 0 atom stereocenters. The van der Waals surface area contributed by atoms with E-state index >= 15 is 0 Å². The highest BCUT2D eigenvalue weighted by Gasteiger charge is 2.21. The molecule has 0 aliphatic heterocycles. The van der Waals surface area contributed by atoms with Crippen molar-refractivity contribution in [2.24, 2.45) is 5.14 Å². The van der Waals surface area contributed by atoms with Gasteiger partial charge in [-0.05, 0) is 60.7 Å². The Morgan fingerprint density at radius 3 is 2.07 bits per heavy atom. The Bertz CT molecular complexity index is 1330. The molecule has 0 radical (unpaired) electrons. The molecule has 1 aromatic heterocycles. The van der Waals surface area contributed by atoms with Crippen LogP contribution < -0.4 is 5.14 Å². The first kappa shape index (κ1) is 21.0. The molecule has 148 valence electrons. The molecule has 1 heterocycles. The summed E-state index contributed by atoms with van der Waals surface area (Å²) in [6.07, 6.45) is 1.14. The van der Waals surface area contributed by atoms with Gasteiger partial charge in [0.1, 0.15) is 17.6 Å². The minimum Gasteiger partial charge on any atom is -0.457 e. The number of rotatable bonds is 5. The number of nitriles is 1. The summed E-state index contributed by atoms with van der Waals surface area (Å²) in [7, 11) is -7.81. The van der Waals surface area contributed by atoms with E-state index in [0.29, 0.717) is 15.8 Å². The lowest BCUT2D eigenvalue weighted by Gasteiger charge is -2.03. The summed E-state index contributed by atoms with van der Waals surface area (Å²) in [5.74, 6) is 0.531. The van der Waals surface area contributed by atoms with Crippen molar-refractivity contribution in [3.8, 4) is 17.4 Å². The summed E-state index contributed by atoms with van der Waals surface area (Å²) < 4.78 is 54.3. The predicted molar refractivity (Wildman–Crippen MR) is 110 cm³/mol. The van der Waals surface area contributed by atoms with Gasteiger partial charge in [-0.25, -0.2) is 22.0 Å². The van der Waals surface area contributed by atoms with Gasteiger partial charge < -0.3 is 4.42 Å². The molecular formula is C19H13BrN2O5S2. The SMILES string of the molecule is N#C/C(=C\c1ccc(-c2ccc(S(N)(=O)=O)cc2)o1)S(=O)(=O)c1ccc(Br)cc1. The van der Waals surface area contributed by atoms with E-state index in [4.69, 9.17) is 9.56 Å². The van der Waals surface area contributed by atoms with Crippen LogP contribution in [0.25, 0.3) is 17.4 Å².